The second kappa shape index (κ2) is 5.58. The number of hydroxylamine groups is 1. The van der Waals surface area contributed by atoms with E-state index in [0.717, 1.165) is 13.1 Å². The predicted molar refractivity (Wildman–Crippen MR) is 77.1 cm³/mol. The molecule has 0 unspecified atom stereocenters. The Balaban J connectivity index is 3.15. The van der Waals surface area contributed by atoms with E-state index in [1.165, 1.54) is 18.4 Å². The zero-order valence-electron chi connectivity index (χ0n) is 11.2. The Morgan fingerprint density at radius 1 is 1.44 bits per heavy atom. The fourth-order valence-corrected chi connectivity index (χ4v) is 5.29. The number of halogens is 1. The van der Waals surface area contributed by atoms with Gasteiger partial charge in [-0.1, -0.05) is 25.2 Å². The fraction of sp³-hybridized carbons (Fsp3) is 0.636. The normalized spacial score (nSPS) is 13.3. The highest BCUT2D eigenvalue weighted by atomic mass is 79.9. The summed E-state index contributed by atoms with van der Waals surface area (Å²) in [5.41, 5.74) is -0.176. The Bertz CT molecular complexity index is 517. The van der Waals surface area contributed by atoms with E-state index in [9.17, 15) is 8.42 Å². The first-order chi connectivity index (χ1) is 8.08. The van der Waals surface area contributed by atoms with Gasteiger partial charge in [0.2, 0.25) is 0 Å². The Hall–Kier alpha value is 0.0500. The van der Waals surface area contributed by atoms with Crippen LogP contribution in [0.2, 0.25) is 0 Å². The summed E-state index contributed by atoms with van der Waals surface area (Å²) in [6.07, 6.45) is 0. The van der Waals surface area contributed by atoms with Crippen LogP contribution in [0.4, 0.5) is 0 Å². The van der Waals surface area contributed by atoms with E-state index in [-0.39, 0.29) is 5.41 Å². The molecule has 1 rings (SSSR count). The summed E-state index contributed by atoms with van der Waals surface area (Å²) in [6.45, 7) is 7.98. The largest absolute Gasteiger partial charge is 0.287 e. The van der Waals surface area contributed by atoms with Gasteiger partial charge in [0.1, 0.15) is 0 Å². The molecule has 18 heavy (non-hydrogen) atoms. The summed E-state index contributed by atoms with van der Waals surface area (Å²) in [7, 11) is -2.23. The van der Waals surface area contributed by atoms with Crippen molar-refractivity contribution in [2.45, 2.75) is 32.6 Å². The highest BCUT2D eigenvalue weighted by Gasteiger charge is 2.31. The molecule has 0 N–H and O–H groups in total. The number of rotatable bonds is 4. The Kier molecular flexibility index (Phi) is 4.99. The van der Waals surface area contributed by atoms with E-state index in [1.807, 2.05) is 20.8 Å². The van der Waals surface area contributed by atoms with E-state index < -0.39 is 10.0 Å². The van der Waals surface area contributed by atoms with Gasteiger partial charge in [-0.25, -0.2) is 8.42 Å². The van der Waals surface area contributed by atoms with Gasteiger partial charge in [-0.2, -0.15) is 0 Å². The van der Waals surface area contributed by atoms with E-state index in [4.69, 9.17) is 4.84 Å². The second-order valence-corrected chi connectivity index (χ2v) is 9.61. The summed E-state index contributed by atoms with van der Waals surface area (Å²) < 4.78 is 26.8. The van der Waals surface area contributed by atoms with Crippen LogP contribution in [0.15, 0.2) is 14.7 Å². The van der Waals surface area contributed by atoms with Crippen molar-refractivity contribution in [2.24, 2.45) is 5.41 Å². The topological polar surface area (TPSA) is 46.6 Å². The molecule has 0 amide bonds. The maximum atomic E-state index is 12.5. The van der Waals surface area contributed by atoms with Crippen LogP contribution < -0.4 is 0 Å². The molecular formula is C11H18BrNO3S2. The van der Waals surface area contributed by atoms with E-state index >= 15 is 0 Å². The maximum absolute atomic E-state index is 12.5. The van der Waals surface area contributed by atoms with Crippen molar-refractivity contribution >= 4 is 37.3 Å². The summed E-state index contributed by atoms with van der Waals surface area (Å²) >= 11 is 4.70. The van der Waals surface area contributed by atoms with E-state index in [2.05, 4.69) is 15.9 Å². The fourth-order valence-electron chi connectivity index (χ4n) is 1.43. The molecule has 7 heteroatoms. The molecule has 0 aliphatic carbocycles. The van der Waals surface area contributed by atoms with Gasteiger partial charge in [-0.15, -0.1) is 11.3 Å². The van der Waals surface area contributed by atoms with Crippen molar-refractivity contribution in [2.75, 3.05) is 13.7 Å². The third-order valence-electron chi connectivity index (χ3n) is 2.20. The van der Waals surface area contributed by atoms with Crippen molar-refractivity contribution < 1.29 is 13.3 Å². The molecule has 0 aliphatic heterocycles. The van der Waals surface area contributed by atoms with Gasteiger partial charge in [0.25, 0.3) is 10.0 Å². The molecule has 0 spiro atoms. The lowest BCUT2D eigenvalue weighted by atomic mass is 9.98. The van der Waals surface area contributed by atoms with Gasteiger partial charge in [-0.3, -0.25) is 4.84 Å². The standard InChI is InChI=1S/C11H18BrNO3S2/c1-8-9(6-10(12)17-8)18(14,15)13(16-5)7-11(2,3)4/h6H,7H2,1-5H3. The van der Waals surface area contributed by atoms with Crippen molar-refractivity contribution in [1.29, 1.82) is 0 Å². The average molecular weight is 356 g/mol. The highest BCUT2D eigenvalue weighted by Crippen LogP contribution is 2.32. The van der Waals surface area contributed by atoms with Crippen LogP contribution in [0.1, 0.15) is 25.6 Å². The number of nitrogens with zero attached hydrogens (tertiary/aromatic N) is 1. The smallest absolute Gasteiger partial charge is 0.266 e. The first-order valence-electron chi connectivity index (χ1n) is 5.41. The van der Waals surface area contributed by atoms with Gasteiger partial charge >= 0.3 is 0 Å². The summed E-state index contributed by atoms with van der Waals surface area (Å²) in [4.78, 5) is 6.09. The number of sulfonamides is 1. The molecule has 0 aromatic carbocycles. The van der Waals surface area contributed by atoms with Gasteiger partial charge in [0, 0.05) is 11.4 Å². The maximum Gasteiger partial charge on any atom is 0.266 e. The molecule has 0 saturated heterocycles. The molecule has 0 saturated carbocycles. The second-order valence-electron chi connectivity index (χ2n) is 5.18. The quantitative estimate of drug-likeness (QED) is 0.777. The third-order valence-corrected chi connectivity index (χ3v) is 5.67. The predicted octanol–water partition coefficient (Wildman–Crippen LogP) is 3.42. The van der Waals surface area contributed by atoms with E-state index in [0.29, 0.717) is 11.4 Å². The molecule has 1 aromatic heterocycles. The van der Waals surface area contributed by atoms with Crippen LogP contribution >= 0.6 is 27.3 Å². The number of aryl methyl sites for hydroxylation is 1. The minimum absolute atomic E-state index is 0.176. The van der Waals surface area contributed by atoms with Crippen LogP contribution in [0.3, 0.4) is 0 Å². The lowest BCUT2D eigenvalue weighted by Gasteiger charge is -2.27. The zero-order valence-corrected chi connectivity index (χ0v) is 14.4. The first-order valence-corrected chi connectivity index (χ1v) is 8.45. The number of hydrogen-bond donors (Lipinski definition) is 0. The molecule has 0 bridgehead atoms. The molecule has 104 valence electrons. The molecule has 0 radical (unpaired) electrons. The van der Waals surface area contributed by atoms with Crippen LogP contribution in [0.25, 0.3) is 0 Å². The molecule has 0 atom stereocenters. The Labute approximate surface area is 121 Å². The van der Waals surface area contributed by atoms with Gasteiger partial charge in [0.05, 0.1) is 15.8 Å². The van der Waals surface area contributed by atoms with Crippen LogP contribution in [0.5, 0.6) is 0 Å². The molecule has 0 fully saturated rings. The lowest BCUT2D eigenvalue weighted by molar-refractivity contribution is -0.0672. The molecular weight excluding hydrogens is 338 g/mol. The van der Waals surface area contributed by atoms with Crippen molar-refractivity contribution in [3.63, 3.8) is 0 Å². The van der Waals surface area contributed by atoms with Crippen molar-refractivity contribution in [1.82, 2.24) is 4.47 Å². The van der Waals surface area contributed by atoms with Crippen LogP contribution in [-0.4, -0.2) is 26.5 Å². The molecule has 1 aromatic rings. The molecule has 4 nitrogen and oxygen atoms in total. The number of hydrogen-bond acceptors (Lipinski definition) is 4. The molecule has 0 aliphatic rings. The summed E-state index contributed by atoms with van der Waals surface area (Å²) in [5, 5.41) is 0. The van der Waals surface area contributed by atoms with E-state index in [1.54, 1.807) is 13.0 Å². The van der Waals surface area contributed by atoms with Crippen LogP contribution in [0, 0.1) is 12.3 Å². The highest BCUT2D eigenvalue weighted by molar-refractivity contribution is 9.11. The monoisotopic (exact) mass is 355 g/mol. The van der Waals surface area contributed by atoms with Gasteiger partial charge < -0.3 is 0 Å². The van der Waals surface area contributed by atoms with Gasteiger partial charge in [0.15, 0.2) is 0 Å². The minimum Gasteiger partial charge on any atom is -0.287 e. The summed E-state index contributed by atoms with van der Waals surface area (Å²) in [6, 6.07) is 1.62. The molecule has 1 heterocycles. The number of thiophene rings is 1. The SMILES string of the molecule is CON(CC(C)(C)C)S(=O)(=O)c1cc(Br)sc1C. The van der Waals surface area contributed by atoms with Crippen LogP contribution in [-0.2, 0) is 14.9 Å². The average Bonchev–Trinajstić information content (AvgIpc) is 2.53. The summed E-state index contributed by atoms with van der Waals surface area (Å²) in [5.74, 6) is 0. The van der Waals surface area contributed by atoms with Crippen molar-refractivity contribution in [3.8, 4) is 0 Å². The Morgan fingerprint density at radius 3 is 2.33 bits per heavy atom. The lowest BCUT2D eigenvalue weighted by Crippen LogP contribution is -2.37. The zero-order chi connectivity index (χ0) is 14.1. The van der Waals surface area contributed by atoms with Gasteiger partial charge in [-0.05, 0) is 34.3 Å². The first kappa shape index (κ1) is 16.1. The Morgan fingerprint density at radius 2 is 2.00 bits per heavy atom. The third kappa shape index (κ3) is 3.77. The minimum atomic E-state index is -3.60. The van der Waals surface area contributed by atoms with Crippen molar-refractivity contribution in [3.05, 3.63) is 14.7 Å².